The molecule has 3 saturated heterocycles. The van der Waals surface area contributed by atoms with Gasteiger partial charge in [-0.15, -0.1) is 0 Å². The van der Waals surface area contributed by atoms with Crippen molar-refractivity contribution < 1.29 is 18.6 Å². The number of fused-ring (bicyclic) bond motifs is 1. The minimum atomic E-state index is -1.13. The number of rotatable bonds is 9. The van der Waals surface area contributed by atoms with Crippen molar-refractivity contribution >= 4 is 22.7 Å². The van der Waals surface area contributed by atoms with Gasteiger partial charge in [0.15, 0.2) is 11.5 Å². The lowest BCUT2D eigenvalue weighted by atomic mass is 9.96. The van der Waals surface area contributed by atoms with Crippen LogP contribution in [-0.4, -0.2) is 86.2 Å². The standard InChI is InChI=1S/C27H40FN5O3/c1-27(28)8-13-33(14-9-27)26-30-22-19-24(36-15-5-12-32-10-3-4-11-32)23(34-2)18-21(22)25(31-26)29-20-6-16-35-17-7-20/h18-20H,3-17H2,1-2H3,(H,29,30,31). The molecule has 0 saturated carbocycles. The number of halogens is 1. The van der Waals surface area contributed by atoms with E-state index in [1.165, 1.54) is 25.9 Å². The molecule has 4 heterocycles. The Labute approximate surface area is 213 Å². The van der Waals surface area contributed by atoms with Crippen LogP contribution in [0.1, 0.15) is 51.9 Å². The van der Waals surface area contributed by atoms with Crippen molar-refractivity contribution in [2.45, 2.75) is 63.6 Å². The van der Waals surface area contributed by atoms with E-state index in [-0.39, 0.29) is 6.04 Å². The number of benzene rings is 1. The number of anilines is 2. The third-order valence-electron chi connectivity index (χ3n) is 7.70. The summed E-state index contributed by atoms with van der Waals surface area (Å²) in [5.74, 6) is 2.80. The number of hydrogen-bond donors (Lipinski definition) is 1. The van der Waals surface area contributed by atoms with Crippen molar-refractivity contribution in [3.05, 3.63) is 12.1 Å². The van der Waals surface area contributed by atoms with Crippen LogP contribution in [0.25, 0.3) is 10.9 Å². The van der Waals surface area contributed by atoms with Crippen LogP contribution < -0.4 is 19.7 Å². The summed E-state index contributed by atoms with van der Waals surface area (Å²) in [6, 6.07) is 4.23. The predicted molar refractivity (Wildman–Crippen MR) is 140 cm³/mol. The fourth-order valence-electron chi connectivity index (χ4n) is 5.33. The number of hydrogen-bond acceptors (Lipinski definition) is 8. The topological polar surface area (TPSA) is 72.0 Å². The van der Waals surface area contributed by atoms with Gasteiger partial charge in [0, 0.05) is 50.3 Å². The van der Waals surface area contributed by atoms with Crippen molar-refractivity contribution in [3.8, 4) is 11.5 Å². The lowest BCUT2D eigenvalue weighted by molar-refractivity contribution is 0.0904. The van der Waals surface area contributed by atoms with Crippen LogP contribution in [0.4, 0.5) is 16.2 Å². The molecule has 36 heavy (non-hydrogen) atoms. The number of methoxy groups -OCH3 is 1. The summed E-state index contributed by atoms with van der Waals surface area (Å²) in [7, 11) is 1.67. The van der Waals surface area contributed by atoms with E-state index in [1.54, 1.807) is 14.0 Å². The Morgan fingerprint density at radius 3 is 2.56 bits per heavy atom. The molecule has 8 nitrogen and oxygen atoms in total. The zero-order valence-electron chi connectivity index (χ0n) is 21.7. The number of piperidine rings is 1. The van der Waals surface area contributed by atoms with E-state index in [0.717, 1.165) is 55.7 Å². The van der Waals surface area contributed by atoms with E-state index in [4.69, 9.17) is 24.2 Å². The zero-order valence-corrected chi connectivity index (χ0v) is 21.7. The van der Waals surface area contributed by atoms with Crippen LogP contribution >= 0.6 is 0 Å². The molecule has 3 fully saturated rings. The third-order valence-corrected chi connectivity index (χ3v) is 7.70. The molecule has 2 aromatic rings. The van der Waals surface area contributed by atoms with Gasteiger partial charge < -0.3 is 29.3 Å². The Balaban J connectivity index is 1.40. The van der Waals surface area contributed by atoms with E-state index < -0.39 is 5.67 Å². The van der Waals surface area contributed by atoms with Gasteiger partial charge in [0.1, 0.15) is 11.5 Å². The van der Waals surface area contributed by atoms with Gasteiger partial charge >= 0.3 is 0 Å². The summed E-state index contributed by atoms with van der Waals surface area (Å²) < 4.78 is 31.9. The number of aromatic nitrogens is 2. The minimum Gasteiger partial charge on any atom is -0.493 e. The van der Waals surface area contributed by atoms with E-state index in [0.29, 0.717) is 50.0 Å². The minimum absolute atomic E-state index is 0.285. The molecular weight excluding hydrogens is 461 g/mol. The summed E-state index contributed by atoms with van der Waals surface area (Å²) in [6.45, 7) is 8.45. The quantitative estimate of drug-likeness (QED) is 0.507. The van der Waals surface area contributed by atoms with Crippen LogP contribution in [-0.2, 0) is 4.74 Å². The maximum atomic E-state index is 14.5. The van der Waals surface area contributed by atoms with Crippen molar-refractivity contribution in [2.75, 3.05) is 69.9 Å². The van der Waals surface area contributed by atoms with E-state index in [9.17, 15) is 4.39 Å². The Morgan fingerprint density at radius 1 is 1.08 bits per heavy atom. The van der Waals surface area contributed by atoms with Crippen molar-refractivity contribution in [1.82, 2.24) is 14.9 Å². The lowest BCUT2D eigenvalue weighted by Crippen LogP contribution is -2.41. The molecule has 0 amide bonds. The van der Waals surface area contributed by atoms with Gasteiger partial charge in [0.05, 0.1) is 19.2 Å². The first kappa shape index (κ1) is 25.3. The van der Waals surface area contributed by atoms with Gasteiger partial charge in [0.2, 0.25) is 5.95 Å². The van der Waals surface area contributed by atoms with Gasteiger partial charge in [-0.1, -0.05) is 0 Å². The van der Waals surface area contributed by atoms with Crippen LogP contribution in [0.2, 0.25) is 0 Å². The highest BCUT2D eigenvalue weighted by Crippen LogP contribution is 2.37. The Bertz CT molecular complexity index is 1010. The van der Waals surface area contributed by atoms with Crippen LogP contribution in [0.5, 0.6) is 11.5 Å². The van der Waals surface area contributed by atoms with Gasteiger partial charge in [-0.25, -0.2) is 9.37 Å². The van der Waals surface area contributed by atoms with Crippen molar-refractivity contribution in [2.24, 2.45) is 0 Å². The molecule has 1 aromatic heterocycles. The normalized spacial score (nSPS) is 21.1. The molecule has 5 rings (SSSR count). The first-order valence-corrected chi connectivity index (χ1v) is 13.5. The van der Waals surface area contributed by atoms with Crippen LogP contribution in [0.15, 0.2) is 12.1 Å². The number of alkyl halides is 1. The largest absolute Gasteiger partial charge is 0.493 e. The first-order chi connectivity index (χ1) is 17.5. The number of nitrogens with zero attached hydrogens (tertiary/aromatic N) is 4. The maximum absolute atomic E-state index is 14.5. The van der Waals surface area contributed by atoms with Crippen molar-refractivity contribution in [3.63, 3.8) is 0 Å². The smallest absolute Gasteiger partial charge is 0.227 e. The highest BCUT2D eigenvalue weighted by Gasteiger charge is 2.31. The lowest BCUT2D eigenvalue weighted by Gasteiger charge is -2.34. The number of likely N-dealkylation sites (tertiary alicyclic amines) is 1. The average Bonchev–Trinajstić information content (AvgIpc) is 3.40. The average molecular weight is 502 g/mol. The fourth-order valence-corrected chi connectivity index (χ4v) is 5.33. The molecule has 0 spiro atoms. The molecule has 9 heteroatoms. The number of nitrogens with one attached hydrogen (secondary N) is 1. The second-order valence-electron chi connectivity index (χ2n) is 10.6. The summed E-state index contributed by atoms with van der Waals surface area (Å²) in [5, 5.41) is 4.54. The first-order valence-electron chi connectivity index (χ1n) is 13.5. The molecule has 1 aromatic carbocycles. The van der Waals surface area contributed by atoms with Gasteiger partial charge in [-0.3, -0.25) is 0 Å². The molecule has 3 aliphatic rings. The Hall–Kier alpha value is -2.39. The Morgan fingerprint density at radius 2 is 1.83 bits per heavy atom. The highest BCUT2D eigenvalue weighted by atomic mass is 19.1. The predicted octanol–water partition coefficient (Wildman–Crippen LogP) is 4.42. The molecule has 0 atom stereocenters. The molecule has 3 aliphatic heterocycles. The van der Waals surface area contributed by atoms with E-state index >= 15 is 0 Å². The molecule has 0 bridgehead atoms. The van der Waals surface area contributed by atoms with Gasteiger partial charge in [-0.05, 0) is 71.0 Å². The summed E-state index contributed by atoms with van der Waals surface area (Å²) in [6.07, 6.45) is 6.39. The summed E-state index contributed by atoms with van der Waals surface area (Å²) in [4.78, 5) is 14.4. The highest BCUT2D eigenvalue weighted by molar-refractivity contribution is 5.93. The van der Waals surface area contributed by atoms with E-state index in [2.05, 4.69) is 15.1 Å². The molecule has 0 radical (unpaired) electrons. The van der Waals surface area contributed by atoms with Gasteiger partial charge in [-0.2, -0.15) is 4.98 Å². The van der Waals surface area contributed by atoms with Crippen molar-refractivity contribution in [1.29, 1.82) is 0 Å². The number of ether oxygens (including phenoxy) is 3. The summed E-state index contributed by atoms with van der Waals surface area (Å²) >= 11 is 0. The van der Waals surface area contributed by atoms with Gasteiger partial charge in [0.25, 0.3) is 0 Å². The molecule has 0 unspecified atom stereocenters. The molecule has 0 aliphatic carbocycles. The Kier molecular flexibility index (Phi) is 7.96. The summed E-state index contributed by atoms with van der Waals surface area (Å²) in [5.41, 5.74) is -0.321. The molecule has 1 N–H and O–H groups in total. The molecule has 198 valence electrons. The second kappa shape index (κ2) is 11.3. The third kappa shape index (κ3) is 6.11. The maximum Gasteiger partial charge on any atom is 0.227 e. The van der Waals surface area contributed by atoms with Crippen LogP contribution in [0.3, 0.4) is 0 Å². The molecular formula is C27H40FN5O3. The van der Waals surface area contributed by atoms with Crippen LogP contribution in [0, 0.1) is 0 Å². The fraction of sp³-hybridized carbons (Fsp3) is 0.704. The van der Waals surface area contributed by atoms with E-state index in [1.807, 2.05) is 12.1 Å². The monoisotopic (exact) mass is 501 g/mol. The SMILES string of the molecule is COc1cc2c(NC3CCOCC3)nc(N3CCC(C)(F)CC3)nc2cc1OCCCN1CCCC1. The second-order valence-corrected chi connectivity index (χ2v) is 10.6. The zero-order chi connectivity index (χ0) is 25.0.